The van der Waals surface area contributed by atoms with E-state index >= 15 is 0 Å². The molecule has 0 bridgehead atoms. The van der Waals surface area contributed by atoms with Gasteiger partial charge < -0.3 is 0 Å². The van der Waals surface area contributed by atoms with E-state index < -0.39 is 0 Å². The molecule has 1 aliphatic heterocycles. The molecular formula is C21H19N3S. The van der Waals surface area contributed by atoms with E-state index in [2.05, 4.69) is 73.2 Å². The van der Waals surface area contributed by atoms with Crippen LogP contribution in [0.5, 0.6) is 0 Å². The number of aryl methyl sites for hydroxylation is 2. The second-order valence-electron chi connectivity index (χ2n) is 6.08. The summed E-state index contributed by atoms with van der Waals surface area (Å²) in [5.74, 6) is 0.777. The minimum atomic E-state index is 0.777. The lowest BCUT2D eigenvalue weighted by Gasteiger charge is -2.06. The number of hydrogen-bond donors (Lipinski definition) is 1. The molecule has 25 heavy (non-hydrogen) atoms. The van der Waals surface area contributed by atoms with Gasteiger partial charge in [-0.05, 0) is 42.5 Å². The summed E-state index contributed by atoms with van der Waals surface area (Å²) in [5, 5.41) is 6.77. The number of amidine groups is 1. The molecule has 2 aromatic carbocycles. The van der Waals surface area contributed by atoms with Crippen LogP contribution in [0.3, 0.4) is 0 Å². The lowest BCUT2D eigenvalue weighted by molar-refractivity contribution is 1.03. The van der Waals surface area contributed by atoms with E-state index in [0.29, 0.717) is 0 Å². The van der Waals surface area contributed by atoms with E-state index in [1.165, 1.54) is 11.1 Å². The number of benzene rings is 2. The van der Waals surface area contributed by atoms with Crippen LogP contribution in [0.15, 0.2) is 70.1 Å². The molecule has 1 aliphatic rings. The fraction of sp³-hybridized carbons (Fsp3) is 0.143. The number of nitrogens with one attached hydrogen (secondary N) is 1. The lowest BCUT2D eigenvalue weighted by atomic mass is 10.0. The van der Waals surface area contributed by atoms with Gasteiger partial charge in [-0.25, -0.2) is 4.99 Å². The standard InChI is InChI=1S/C21H19N3S/c1-3-15-7-9-16(10-8-15)21-22-18-11-6-14(2)13-17(18)20(23-24-21)19-5-4-12-25-19/h4-13H,3H2,1-2H3,(H,22,24). The van der Waals surface area contributed by atoms with Crippen LogP contribution in [0.4, 0.5) is 5.69 Å². The molecule has 124 valence electrons. The van der Waals surface area contributed by atoms with Gasteiger partial charge in [-0.1, -0.05) is 48.9 Å². The summed E-state index contributed by atoms with van der Waals surface area (Å²) in [4.78, 5) is 6.00. The Balaban J connectivity index is 1.83. The molecule has 3 nitrogen and oxygen atoms in total. The number of thiophene rings is 1. The van der Waals surface area contributed by atoms with Crippen LogP contribution < -0.4 is 5.43 Å². The zero-order chi connectivity index (χ0) is 17.2. The molecule has 4 rings (SSSR count). The highest BCUT2D eigenvalue weighted by atomic mass is 32.1. The Bertz CT molecular complexity index is 951. The smallest absolute Gasteiger partial charge is 0.154 e. The van der Waals surface area contributed by atoms with Crippen molar-refractivity contribution in [2.24, 2.45) is 10.1 Å². The number of aliphatic imine (C=N–C) groups is 1. The van der Waals surface area contributed by atoms with Crippen molar-refractivity contribution in [3.63, 3.8) is 0 Å². The van der Waals surface area contributed by atoms with Gasteiger partial charge in [0, 0.05) is 11.1 Å². The zero-order valence-electron chi connectivity index (χ0n) is 14.3. The average molecular weight is 345 g/mol. The van der Waals surface area contributed by atoms with Crippen molar-refractivity contribution in [2.45, 2.75) is 20.3 Å². The SMILES string of the molecule is CCc1ccc(C2=Nc3ccc(C)cc3C(c3cccs3)=NN2)cc1. The summed E-state index contributed by atoms with van der Waals surface area (Å²) in [6.07, 6.45) is 1.03. The maximum absolute atomic E-state index is 4.86. The Morgan fingerprint density at radius 2 is 1.88 bits per heavy atom. The molecule has 2 heterocycles. The summed E-state index contributed by atoms with van der Waals surface area (Å²) >= 11 is 1.69. The minimum absolute atomic E-state index is 0.777. The van der Waals surface area contributed by atoms with Crippen LogP contribution in [0.2, 0.25) is 0 Å². The summed E-state index contributed by atoms with van der Waals surface area (Å²) in [5.41, 5.74) is 9.69. The molecule has 0 atom stereocenters. The summed E-state index contributed by atoms with van der Waals surface area (Å²) in [6.45, 7) is 4.26. The Morgan fingerprint density at radius 1 is 1.04 bits per heavy atom. The molecule has 0 aliphatic carbocycles. The van der Waals surface area contributed by atoms with E-state index in [-0.39, 0.29) is 0 Å². The molecule has 4 heteroatoms. The Morgan fingerprint density at radius 3 is 2.60 bits per heavy atom. The first-order valence-electron chi connectivity index (χ1n) is 8.41. The molecule has 1 aromatic heterocycles. The molecular weight excluding hydrogens is 326 g/mol. The fourth-order valence-corrected chi connectivity index (χ4v) is 3.61. The molecule has 0 spiro atoms. The summed E-state index contributed by atoms with van der Waals surface area (Å²) in [6, 6.07) is 19.0. The van der Waals surface area contributed by atoms with Gasteiger partial charge in [0.15, 0.2) is 5.84 Å². The number of rotatable bonds is 3. The quantitative estimate of drug-likeness (QED) is 0.708. The van der Waals surface area contributed by atoms with E-state index in [9.17, 15) is 0 Å². The first-order chi connectivity index (χ1) is 12.2. The molecule has 0 saturated carbocycles. The maximum Gasteiger partial charge on any atom is 0.154 e. The van der Waals surface area contributed by atoms with Gasteiger partial charge in [-0.2, -0.15) is 5.10 Å². The van der Waals surface area contributed by atoms with Crippen LogP contribution >= 0.6 is 11.3 Å². The first kappa shape index (κ1) is 15.8. The molecule has 1 N–H and O–H groups in total. The van der Waals surface area contributed by atoms with Gasteiger partial charge in [0.1, 0.15) is 5.71 Å². The largest absolute Gasteiger partial charge is 0.260 e. The summed E-state index contributed by atoms with van der Waals surface area (Å²) < 4.78 is 0. The molecule has 0 radical (unpaired) electrons. The zero-order valence-corrected chi connectivity index (χ0v) is 15.1. The first-order valence-corrected chi connectivity index (χ1v) is 9.29. The van der Waals surface area contributed by atoms with Crippen molar-refractivity contribution in [1.82, 2.24) is 5.43 Å². The topological polar surface area (TPSA) is 36.8 Å². The van der Waals surface area contributed by atoms with Gasteiger partial charge in [0.2, 0.25) is 0 Å². The monoisotopic (exact) mass is 345 g/mol. The molecule has 3 aromatic rings. The molecule has 0 amide bonds. The Labute approximate surface area is 151 Å². The van der Waals surface area contributed by atoms with Crippen molar-refractivity contribution in [3.8, 4) is 0 Å². The highest BCUT2D eigenvalue weighted by Gasteiger charge is 2.18. The van der Waals surface area contributed by atoms with E-state index in [1.54, 1.807) is 11.3 Å². The van der Waals surface area contributed by atoms with Gasteiger partial charge in [-0.15, -0.1) is 11.3 Å². The Hall–Kier alpha value is -2.72. The van der Waals surface area contributed by atoms with Crippen LogP contribution in [0, 0.1) is 6.92 Å². The third-order valence-corrected chi connectivity index (χ3v) is 5.18. The van der Waals surface area contributed by atoms with Crippen LogP contribution in [-0.2, 0) is 6.42 Å². The highest BCUT2D eigenvalue weighted by molar-refractivity contribution is 7.12. The molecule has 0 saturated heterocycles. The van der Waals surface area contributed by atoms with Gasteiger partial charge in [0.25, 0.3) is 0 Å². The van der Waals surface area contributed by atoms with Crippen molar-refractivity contribution in [1.29, 1.82) is 0 Å². The predicted octanol–water partition coefficient (Wildman–Crippen LogP) is 5.05. The normalized spacial score (nSPS) is 13.4. The van der Waals surface area contributed by atoms with Gasteiger partial charge >= 0.3 is 0 Å². The van der Waals surface area contributed by atoms with Gasteiger partial charge in [0.05, 0.1) is 10.6 Å². The second kappa shape index (κ2) is 6.65. The van der Waals surface area contributed by atoms with E-state index in [1.807, 2.05) is 6.07 Å². The van der Waals surface area contributed by atoms with Crippen molar-refractivity contribution >= 4 is 28.6 Å². The Kier molecular flexibility index (Phi) is 4.20. The number of fused-ring (bicyclic) bond motifs is 1. The van der Waals surface area contributed by atoms with Crippen LogP contribution in [0.1, 0.15) is 34.1 Å². The molecule has 0 unspecified atom stereocenters. The highest BCUT2D eigenvalue weighted by Crippen LogP contribution is 2.28. The third kappa shape index (κ3) is 3.13. The van der Waals surface area contributed by atoms with E-state index in [4.69, 9.17) is 10.1 Å². The van der Waals surface area contributed by atoms with Crippen LogP contribution in [0.25, 0.3) is 0 Å². The number of hydrazone groups is 1. The molecule has 0 fully saturated rings. The average Bonchev–Trinajstić information content (AvgIpc) is 3.10. The predicted molar refractivity (Wildman–Crippen MR) is 106 cm³/mol. The third-order valence-electron chi connectivity index (χ3n) is 4.30. The maximum atomic E-state index is 4.86. The second-order valence-corrected chi connectivity index (χ2v) is 7.03. The van der Waals surface area contributed by atoms with Gasteiger partial charge in [-0.3, -0.25) is 5.43 Å². The van der Waals surface area contributed by atoms with Crippen molar-refractivity contribution in [3.05, 3.63) is 87.1 Å². The van der Waals surface area contributed by atoms with E-state index in [0.717, 1.165) is 39.7 Å². The lowest BCUT2D eigenvalue weighted by Crippen LogP contribution is -2.19. The number of nitrogens with zero attached hydrogens (tertiary/aromatic N) is 2. The summed E-state index contributed by atoms with van der Waals surface area (Å²) in [7, 11) is 0. The number of hydrogen-bond acceptors (Lipinski definition) is 4. The minimum Gasteiger partial charge on any atom is -0.260 e. The van der Waals surface area contributed by atoms with Crippen LogP contribution in [-0.4, -0.2) is 11.5 Å². The van der Waals surface area contributed by atoms with Crippen molar-refractivity contribution in [2.75, 3.05) is 0 Å². The van der Waals surface area contributed by atoms with Crippen molar-refractivity contribution < 1.29 is 0 Å². The fourth-order valence-electron chi connectivity index (χ4n) is 2.88.